The molecule has 0 saturated carbocycles. The van der Waals surface area contributed by atoms with Gasteiger partial charge in [-0.3, -0.25) is 4.79 Å². The van der Waals surface area contributed by atoms with Crippen LogP contribution in [0.5, 0.6) is 0 Å². The van der Waals surface area contributed by atoms with E-state index in [0.29, 0.717) is 0 Å². The van der Waals surface area contributed by atoms with Crippen LogP contribution in [-0.4, -0.2) is 31.3 Å². The summed E-state index contributed by atoms with van der Waals surface area (Å²) in [4.78, 5) is 10.6. The number of alkyl halides is 3. The number of carboxylic acid groups (broad SMARTS) is 1. The van der Waals surface area contributed by atoms with E-state index >= 15 is 0 Å². The summed E-state index contributed by atoms with van der Waals surface area (Å²) in [6.07, 6.45) is -4.97. The van der Waals surface area contributed by atoms with Gasteiger partial charge >= 0.3 is 12.1 Å². The number of halogens is 3. The van der Waals surface area contributed by atoms with E-state index in [0.717, 1.165) is 16.8 Å². The quantitative estimate of drug-likeness (QED) is 0.911. The van der Waals surface area contributed by atoms with Gasteiger partial charge in [-0.05, 0) is 28.6 Å². The average molecular weight is 272 g/mol. The standard InChI is InChI=1S/C10H7F3N4O2/c11-10(12,13)6-2-1-3-7(4-6)17-8(5-9(18)19)14-15-16-17/h1-4H,5H2,(H,18,19). The molecule has 6 nitrogen and oxygen atoms in total. The van der Waals surface area contributed by atoms with Crippen molar-refractivity contribution in [1.82, 2.24) is 20.2 Å². The average Bonchev–Trinajstić information content (AvgIpc) is 2.75. The summed E-state index contributed by atoms with van der Waals surface area (Å²) in [5.41, 5.74) is -0.808. The molecule has 0 aliphatic carbocycles. The van der Waals surface area contributed by atoms with Gasteiger partial charge in [0.1, 0.15) is 6.42 Å². The predicted molar refractivity (Wildman–Crippen MR) is 55.5 cm³/mol. The fraction of sp³-hybridized carbons (Fsp3) is 0.200. The number of tetrazole rings is 1. The lowest BCUT2D eigenvalue weighted by Crippen LogP contribution is -2.11. The van der Waals surface area contributed by atoms with Gasteiger partial charge in [-0.2, -0.15) is 17.9 Å². The van der Waals surface area contributed by atoms with E-state index < -0.39 is 24.1 Å². The fourth-order valence-corrected chi connectivity index (χ4v) is 1.47. The summed E-state index contributed by atoms with van der Waals surface area (Å²) < 4.78 is 38.7. The highest BCUT2D eigenvalue weighted by molar-refractivity contribution is 5.69. The zero-order chi connectivity index (χ0) is 14.0. The number of aliphatic carboxylic acids is 1. The Kier molecular flexibility index (Phi) is 3.19. The van der Waals surface area contributed by atoms with E-state index in [-0.39, 0.29) is 11.5 Å². The topological polar surface area (TPSA) is 80.9 Å². The Balaban J connectivity index is 2.42. The second-order valence-corrected chi connectivity index (χ2v) is 3.63. The SMILES string of the molecule is O=C(O)Cc1nnnn1-c1cccc(C(F)(F)F)c1. The first-order valence-corrected chi connectivity index (χ1v) is 5.04. The second kappa shape index (κ2) is 4.67. The molecule has 1 aromatic carbocycles. The van der Waals surface area contributed by atoms with Crippen LogP contribution in [0.2, 0.25) is 0 Å². The van der Waals surface area contributed by atoms with Crippen LogP contribution in [0, 0.1) is 0 Å². The van der Waals surface area contributed by atoms with E-state index in [1.807, 2.05) is 0 Å². The Labute approximate surface area is 104 Å². The van der Waals surface area contributed by atoms with Crippen molar-refractivity contribution in [1.29, 1.82) is 0 Å². The van der Waals surface area contributed by atoms with Gasteiger partial charge in [0, 0.05) is 0 Å². The van der Waals surface area contributed by atoms with E-state index in [1.165, 1.54) is 12.1 Å². The molecular weight excluding hydrogens is 265 g/mol. The molecule has 1 N–H and O–H groups in total. The van der Waals surface area contributed by atoms with Crippen molar-refractivity contribution in [3.05, 3.63) is 35.7 Å². The maximum absolute atomic E-state index is 12.6. The Hall–Kier alpha value is -2.45. The van der Waals surface area contributed by atoms with E-state index in [2.05, 4.69) is 15.5 Å². The van der Waals surface area contributed by atoms with Crippen molar-refractivity contribution in [3.63, 3.8) is 0 Å². The fourth-order valence-electron chi connectivity index (χ4n) is 1.47. The molecule has 2 rings (SSSR count). The lowest BCUT2D eigenvalue weighted by molar-refractivity contribution is -0.138. The minimum Gasteiger partial charge on any atom is -0.481 e. The lowest BCUT2D eigenvalue weighted by atomic mass is 10.2. The van der Waals surface area contributed by atoms with Crippen LogP contribution in [0.25, 0.3) is 5.69 Å². The van der Waals surface area contributed by atoms with Gasteiger partial charge in [0.05, 0.1) is 11.3 Å². The maximum atomic E-state index is 12.6. The highest BCUT2D eigenvalue weighted by atomic mass is 19.4. The zero-order valence-electron chi connectivity index (χ0n) is 9.29. The minimum absolute atomic E-state index is 0.0492. The normalized spacial score (nSPS) is 11.5. The van der Waals surface area contributed by atoms with Gasteiger partial charge in [-0.25, -0.2) is 0 Å². The Morgan fingerprint density at radius 1 is 1.37 bits per heavy atom. The van der Waals surface area contributed by atoms with Gasteiger partial charge in [0.15, 0.2) is 5.82 Å². The number of benzene rings is 1. The highest BCUT2D eigenvalue weighted by Crippen LogP contribution is 2.30. The second-order valence-electron chi connectivity index (χ2n) is 3.63. The van der Waals surface area contributed by atoms with Crippen molar-refractivity contribution in [2.24, 2.45) is 0 Å². The third-order valence-corrected chi connectivity index (χ3v) is 2.26. The molecule has 1 aromatic heterocycles. The van der Waals surface area contributed by atoms with E-state index in [4.69, 9.17) is 5.11 Å². The molecule has 0 saturated heterocycles. The molecule has 1 heterocycles. The zero-order valence-corrected chi connectivity index (χ0v) is 9.29. The molecule has 0 aliphatic heterocycles. The van der Waals surface area contributed by atoms with E-state index in [1.54, 1.807) is 0 Å². The van der Waals surface area contributed by atoms with Crippen LogP contribution in [0.1, 0.15) is 11.4 Å². The number of carbonyl (C=O) groups is 1. The summed E-state index contributed by atoms with van der Waals surface area (Å²) in [5.74, 6) is -1.23. The van der Waals surface area contributed by atoms with Gasteiger partial charge in [0.25, 0.3) is 0 Å². The predicted octanol–water partition coefficient (Wildman–Crippen LogP) is 1.31. The summed E-state index contributed by atoms with van der Waals surface area (Å²) in [7, 11) is 0. The number of nitrogens with zero attached hydrogens (tertiary/aromatic N) is 4. The molecule has 19 heavy (non-hydrogen) atoms. The van der Waals surface area contributed by atoms with Crippen molar-refractivity contribution in [2.45, 2.75) is 12.6 Å². The van der Waals surface area contributed by atoms with Crippen molar-refractivity contribution in [3.8, 4) is 5.69 Å². The van der Waals surface area contributed by atoms with Gasteiger partial charge < -0.3 is 5.11 Å². The van der Waals surface area contributed by atoms with Crippen LogP contribution in [0.15, 0.2) is 24.3 Å². The first-order valence-electron chi connectivity index (χ1n) is 5.04. The van der Waals surface area contributed by atoms with Crippen LogP contribution in [0.3, 0.4) is 0 Å². The van der Waals surface area contributed by atoms with E-state index in [9.17, 15) is 18.0 Å². The molecule has 2 aromatic rings. The number of hydrogen-bond acceptors (Lipinski definition) is 4. The lowest BCUT2D eigenvalue weighted by Gasteiger charge is -2.09. The number of aromatic nitrogens is 4. The summed E-state index contributed by atoms with van der Waals surface area (Å²) in [6, 6.07) is 4.31. The van der Waals surface area contributed by atoms with Crippen molar-refractivity contribution < 1.29 is 23.1 Å². The van der Waals surface area contributed by atoms with Gasteiger partial charge in [-0.15, -0.1) is 5.10 Å². The molecule has 0 radical (unpaired) electrons. The number of rotatable bonds is 3. The molecule has 100 valence electrons. The molecule has 0 bridgehead atoms. The smallest absolute Gasteiger partial charge is 0.416 e. The molecule has 9 heteroatoms. The summed E-state index contributed by atoms with van der Waals surface area (Å²) in [6.45, 7) is 0. The number of hydrogen-bond donors (Lipinski definition) is 1. The van der Waals surface area contributed by atoms with Crippen LogP contribution in [0.4, 0.5) is 13.2 Å². The molecule has 0 atom stereocenters. The van der Waals surface area contributed by atoms with Crippen LogP contribution >= 0.6 is 0 Å². The molecule has 0 fully saturated rings. The first-order chi connectivity index (χ1) is 8.88. The van der Waals surface area contributed by atoms with Crippen LogP contribution < -0.4 is 0 Å². The third-order valence-electron chi connectivity index (χ3n) is 2.26. The molecular formula is C10H7F3N4O2. The Bertz CT molecular complexity index is 609. The van der Waals surface area contributed by atoms with Crippen molar-refractivity contribution >= 4 is 5.97 Å². The summed E-state index contributed by atoms with van der Waals surface area (Å²) in [5, 5.41) is 18.9. The Morgan fingerprint density at radius 2 is 2.11 bits per heavy atom. The van der Waals surface area contributed by atoms with Gasteiger partial charge in [0.2, 0.25) is 0 Å². The molecule has 0 aliphatic rings. The van der Waals surface area contributed by atoms with Gasteiger partial charge in [-0.1, -0.05) is 6.07 Å². The third kappa shape index (κ3) is 2.87. The molecule has 0 unspecified atom stereocenters. The number of carboxylic acids is 1. The summed E-state index contributed by atoms with van der Waals surface area (Å²) >= 11 is 0. The molecule has 0 amide bonds. The maximum Gasteiger partial charge on any atom is 0.416 e. The monoisotopic (exact) mass is 272 g/mol. The minimum atomic E-state index is -4.49. The van der Waals surface area contributed by atoms with Crippen molar-refractivity contribution in [2.75, 3.05) is 0 Å². The molecule has 0 spiro atoms. The Morgan fingerprint density at radius 3 is 2.74 bits per heavy atom. The highest BCUT2D eigenvalue weighted by Gasteiger charge is 2.30. The largest absolute Gasteiger partial charge is 0.481 e. The van der Waals surface area contributed by atoms with Crippen LogP contribution in [-0.2, 0) is 17.4 Å². The first kappa shape index (κ1) is 13.0.